The van der Waals surface area contributed by atoms with Crippen molar-refractivity contribution in [2.24, 2.45) is 0 Å². The van der Waals surface area contributed by atoms with Crippen molar-refractivity contribution in [3.05, 3.63) is 58.1 Å². The molecule has 0 aliphatic carbocycles. The van der Waals surface area contributed by atoms with Gasteiger partial charge in [0, 0.05) is 10.5 Å². The monoisotopic (exact) mass is 378 g/mol. The van der Waals surface area contributed by atoms with E-state index in [4.69, 9.17) is 37.2 Å². The lowest BCUT2D eigenvalue weighted by Gasteiger charge is -2.32. The predicted molar refractivity (Wildman–Crippen MR) is 103 cm³/mol. The number of benzene rings is 2. The fourth-order valence-corrected chi connectivity index (χ4v) is 3.07. The molecule has 6 heteroatoms. The number of hydrogen-bond donors (Lipinski definition) is 0. The molecule has 132 valence electrons. The second-order valence-electron chi connectivity index (χ2n) is 7.17. The third kappa shape index (κ3) is 3.82. The van der Waals surface area contributed by atoms with Crippen LogP contribution in [0.4, 0.5) is 0 Å². The van der Waals surface area contributed by atoms with Gasteiger partial charge in [-0.2, -0.15) is 0 Å². The van der Waals surface area contributed by atoms with E-state index in [2.05, 4.69) is 0 Å². The van der Waals surface area contributed by atoms with Crippen LogP contribution in [0.5, 0.6) is 5.75 Å². The summed E-state index contributed by atoms with van der Waals surface area (Å²) in [4.78, 5) is 0. The maximum Gasteiger partial charge on any atom is 0.496 e. The summed E-state index contributed by atoms with van der Waals surface area (Å²) >= 11 is 12.7. The molecule has 3 nitrogen and oxygen atoms in total. The van der Waals surface area contributed by atoms with Gasteiger partial charge in [0.1, 0.15) is 12.4 Å². The molecule has 3 rings (SSSR count). The van der Waals surface area contributed by atoms with Crippen LogP contribution in [-0.4, -0.2) is 18.3 Å². The second-order valence-corrected chi connectivity index (χ2v) is 7.98. The molecular weight excluding hydrogens is 358 g/mol. The molecule has 1 fully saturated rings. The molecule has 0 bridgehead atoms. The Balaban J connectivity index is 1.84. The van der Waals surface area contributed by atoms with E-state index in [1.54, 1.807) is 12.1 Å². The average Bonchev–Trinajstić information content (AvgIpc) is 2.75. The smallest absolute Gasteiger partial charge is 0.487 e. The van der Waals surface area contributed by atoms with E-state index in [1.807, 2.05) is 58.0 Å². The van der Waals surface area contributed by atoms with Gasteiger partial charge in [0.2, 0.25) is 0 Å². The summed E-state index contributed by atoms with van der Waals surface area (Å²) in [5, 5.41) is 0.955. The van der Waals surface area contributed by atoms with Gasteiger partial charge in [0.25, 0.3) is 0 Å². The van der Waals surface area contributed by atoms with Crippen LogP contribution < -0.4 is 10.2 Å². The van der Waals surface area contributed by atoms with E-state index in [9.17, 15) is 0 Å². The minimum Gasteiger partial charge on any atom is -0.487 e. The summed E-state index contributed by atoms with van der Waals surface area (Å²) in [7, 11) is -0.561. The highest BCUT2D eigenvalue weighted by atomic mass is 35.5. The molecule has 0 N–H and O–H groups in total. The minimum atomic E-state index is -0.561. The lowest BCUT2D eigenvalue weighted by atomic mass is 9.79. The molecule has 2 aromatic rings. The van der Waals surface area contributed by atoms with Crippen molar-refractivity contribution >= 4 is 35.8 Å². The zero-order valence-electron chi connectivity index (χ0n) is 14.8. The van der Waals surface area contributed by atoms with Crippen molar-refractivity contribution in [3.8, 4) is 5.75 Å². The number of halogens is 2. The molecular formula is C19H21BCl2O3. The van der Waals surface area contributed by atoms with E-state index < -0.39 is 18.3 Å². The summed E-state index contributed by atoms with van der Waals surface area (Å²) < 4.78 is 18.0. The van der Waals surface area contributed by atoms with Gasteiger partial charge < -0.3 is 14.0 Å². The Morgan fingerprint density at radius 1 is 0.920 bits per heavy atom. The van der Waals surface area contributed by atoms with E-state index in [0.717, 1.165) is 5.56 Å². The standard InChI is InChI=1S/C19H21BCl2O3/c1-18(2)19(3,4)25-20(24-18)14-10-17(16(22)11-15(14)21)23-12-13-8-6-5-7-9-13/h5-11H,12H2,1-4H3. The Labute approximate surface area is 159 Å². The highest BCUT2D eigenvalue weighted by Gasteiger charge is 2.52. The number of ether oxygens (including phenoxy) is 1. The van der Waals surface area contributed by atoms with Gasteiger partial charge in [-0.15, -0.1) is 0 Å². The van der Waals surface area contributed by atoms with Gasteiger partial charge in [0.05, 0.1) is 16.2 Å². The van der Waals surface area contributed by atoms with Crippen molar-refractivity contribution in [1.82, 2.24) is 0 Å². The van der Waals surface area contributed by atoms with Gasteiger partial charge in [0.15, 0.2) is 0 Å². The summed E-state index contributed by atoms with van der Waals surface area (Å²) in [5.74, 6) is 0.555. The van der Waals surface area contributed by atoms with Crippen molar-refractivity contribution in [3.63, 3.8) is 0 Å². The number of rotatable bonds is 4. The van der Waals surface area contributed by atoms with Crippen LogP contribution in [-0.2, 0) is 15.9 Å². The van der Waals surface area contributed by atoms with Gasteiger partial charge in [-0.05, 0) is 45.4 Å². The first-order chi connectivity index (χ1) is 11.7. The van der Waals surface area contributed by atoms with Crippen LogP contribution >= 0.6 is 23.2 Å². The summed E-state index contributed by atoms with van der Waals surface area (Å²) in [6, 6.07) is 13.4. The fraction of sp³-hybridized carbons (Fsp3) is 0.368. The van der Waals surface area contributed by atoms with Crippen molar-refractivity contribution in [2.45, 2.75) is 45.5 Å². The summed E-state index contributed by atoms with van der Waals surface area (Å²) in [6.07, 6.45) is 0. The van der Waals surface area contributed by atoms with Crippen LogP contribution in [0.3, 0.4) is 0 Å². The molecule has 25 heavy (non-hydrogen) atoms. The fourth-order valence-electron chi connectivity index (χ4n) is 2.54. The molecule has 0 amide bonds. The average molecular weight is 379 g/mol. The van der Waals surface area contributed by atoms with E-state index in [-0.39, 0.29) is 0 Å². The molecule has 0 aromatic heterocycles. The molecule has 0 saturated carbocycles. The molecule has 1 aliphatic heterocycles. The normalized spacial score (nSPS) is 18.4. The van der Waals surface area contributed by atoms with Crippen LogP contribution in [0, 0.1) is 0 Å². The SMILES string of the molecule is CC1(C)OB(c2cc(OCc3ccccc3)c(Cl)cc2Cl)OC1(C)C. The molecule has 1 saturated heterocycles. The molecule has 0 atom stereocenters. The molecule has 1 aliphatic rings. The zero-order chi connectivity index (χ0) is 18.2. The second kappa shape index (κ2) is 6.84. The Hall–Kier alpha value is -1.20. The first-order valence-electron chi connectivity index (χ1n) is 8.21. The first-order valence-corrected chi connectivity index (χ1v) is 8.96. The Bertz CT molecular complexity index is 747. The summed E-state index contributed by atoms with van der Waals surface area (Å²) in [6.45, 7) is 8.44. The first kappa shape index (κ1) is 18.6. The van der Waals surface area contributed by atoms with Crippen molar-refractivity contribution in [2.75, 3.05) is 0 Å². The molecule has 1 heterocycles. The Morgan fingerprint density at radius 2 is 1.52 bits per heavy atom. The van der Waals surface area contributed by atoms with Gasteiger partial charge in [-0.25, -0.2) is 0 Å². The number of hydrogen-bond acceptors (Lipinski definition) is 3. The van der Waals surface area contributed by atoms with Gasteiger partial charge in [-0.3, -0.25) is 0 Å². The van der Waals surface area contributed by atoms with Gasteiger partial charge in [-0.1, -0.05) is 53.5 Å². The van der Waals surface area contributed by atoms with Crippen LogP contribution in [0.25, 0.3) is 0 Å². The lowest BCUT2D eigenvalue weighted by molar-refractivity contribution is 0.00578. The predicted octanol–water partition coefficient (Wildman–Crippen LogP) is 4.87. The quantitative estimate of drug-likeness (QED) is 0.710. The topological polar surface area (TPSA) is 27.7 Å². The maximum absolute atomic E-state index is 6.38. The largest absolute Gasteiger partial charge is 0.496 e. The molecule has 0 unspecified atom stereocenters. The Kier molecular flexibility index (Phi) is 5.09. The zero-order valence-corrected chi connectivity index (χ0v) is 16.3. The van der Waals surface area contributed by atoms with Crippen LogP contribution in [0.15, 0.2) is 42.5 Å². The van der Waals surface area contributed by atoms with Crippen molar-refractivity contribution in [1.29, 1.82) is 0 Å². The highest BCUT2D eigenvalue weighted by Crippen LogP contribution is 2.38. The maximum atomic E-state index is 6.38. The van der Waals surface area contributed by atoms with E-state index in [1.165, 1.54) is 0 Å². The highest BCUT2D eigenvalue weighted by molar-refractivity contribution is 6.66. The van der Waals surface area contributed by atoms with E-state index in [0.29, 0.717) is 27.9 Å². The third-order valence-electron chi connectivity index (χ3n) is 4.80. The van der Waals surface area contributed by atoms with Crippen LogP contribution in [0.2, 0.25) is 10.0 Å². The van der Waals surface area contributed by atoms with E-state index >= 15 is 0 Å². The Morgan fingerprint density at radius 3 is 2.12 bits per heavy atom. The van der Waals surface area contributed by atoms with Crippen molar-refractivity contribution < 1.29 is 14.0 Å². The minimum absolute atomic E-state index is 0.422. The summed E-state index contributed by atoms with van der Waals surface area (Å²) in [5.41, 5.74) is 0.899. The van der Waals surface area contributed by atoms with Crippen LogP contribution in [0.1, 0.15) is 33.3 Å². The lowest BCUT2D eigenvalue weighted by Crippen LogP contribution is -2.41. The molecule has 2 aromatic carbocycles. The third-order valence-corrected chi connectivity index (χ3v) is 5.42. The van der Waals surface area contributed by atoms with Gasteiger partial charge >= 0.3 is 7.12 Å². The molecule has 0 spiro atoms. The molecule has 0 radical (unpaired) electrons.